The van der Waals surface area contributed by atoms with E-state index in [1.54, 1.807) is 0 Å². The van der Waals surface area contributed by atoms with Gasteiger partial charge in [0.25, 0.3) is 0 Å². The van der Waals surface area contributed by atoms with E-state index in [0.29, 0.717) is 25.7 Å². The number of esters is 4. The first-order valence-electron chi connectivity index (χ1n) is 45.0. The number of unbranched alkanes of at least 4 members (excludes halogenated alkanes) is 55. The predicted octanol–water partition coefficient (Wildman–Crippen LogP) is 26.6. The van der Waals surface area contributed by atoms with Gasteiger partial charge < -0.3 is 33.8 Å². The van der Waals surface area contributed by atoms with Crippen LogP contribution in [0.1, 0.15) is 465 Å². The molecule has 6 atom stereocenters. The highest BCUT2D eigenvalue weighted by atomic mass is 31.2. The summed E-state index contributed by atoms with van der Waals surface area (Å²) in [6.07, 6.45) is 70.8. The van der Waals surface area contributed by atoms with Crippen molar-refractivity contribution in [3.05, 3.63) is 0 Å². The Bertz CT molecular complexity index is 2030. The number of aliphatic hydroxyl groups excluding tert-OH is 1. The molecule has 0 saturated heterocycles. The summed E-state index contributed by atoms with van der Waals surface area (Å²) in [5.41, 5.74) is 0. The van der Waals surface area contributed by atoms with Gasteiger partial charge in [0.15, 0.2) is 12.2 Å². The summed E-state index contributed by atoms with van der Waals surface area (Å²) in [7, 11) is -9.93. The Kier molecular flexibility index (Phi) is 76.9. The van der Waals surface area contributed by atoms with Crippen LogP contribution in [0.4, 0.5) is 0 Å². The maximum absolute atomic E-state index is 13.2. The minimum Gasteiger partial charge on any atom is -0.462 e. The van der Waals surface area contributed by atoms with Crippen molar-refractivity contribution in [2.75, 3.05) is 39.6 Å². The molecule has 0 aliphatic carbocycles. The molecule has 3 N–H and O–H groups in total. The number of phosphoric acid groups is 2. The molecule has 0 saturated carbocycles. The van der Waals surface area contributed by atoms with Gasteiger partial charge in [-0.05, 0) is 37.5 Å². The van der Waals surface area contributed by atoms with Crippen molar-refractivity contribution in [1.29, 1.82) is 0 Å². The van der Waals surface area contributed by atoms with Gasteiger partial charge in [-0.25, -0.2) is 9.13 Å². The van der Waals surface area contributed by atoms with Crippen LogP contribution in [-0.2, 0) is 65.4 Å². The molecule has 0 amide bonds. The average molecular weight is 1550 g/mol. The molecule has 0 aromatic carbocycles. The smallest absolute Gasteiger partial charge is 0.462 e. The van der Waals surface area contributed by atoms with Crippen molar-refractivity contribution in [2.45, 2.75) is 484 Å². The van der Waals surface area contributed by atoms with Gasteiger partial charge in [-0.15, -0.1) is 0 Å². The van der Waals surface area contributed by atoms with E-state index in [1.165, 1.54) is 283 Å². The third kappa shape index (κ3) is 78.7. The maximum atomic E-state index is 13.2. The fourth-order valence-electron chi connectivity index (χ4n) is 13.6. The molecule has 630 valence electrons. The van der Waals surface area contributed by atoms with Gasteiger partial charge >= 0.3 is 39.5 Å². The number of hydrogen-bond donors (Lipinski definition) is 3. The van der Waals surface area contributed by atoms with Crippen molar-refractivity contribution in [3.63, 3.8) is 0 Å². The van der Waals surface area contributed by atoms with E-state index in [2.05, 4.69) is 41.5 Å². The summed E-state index contributed by atoms with van der Waals surface area (Å²) in [4.78, 5) is 73.2. The van der Waals surface area contributed by atoms with E-state index >= 15 is 0 Å². The molecule has 19 heteroatoms. The van der Waals surface area contributed by atoms with Gasteiger partial charge in [0.05, 0.1) is 26.4 Å². The van der Waals surface area contributed by atoms with Crippen LogP contribution >= 0.6 is 15.6 Å². The molecule has 0 heterocycles. The molecule has 0 radical (unpaired) electrons. The molecule has 0 aromatic rings. The van der Waals surface area contributed by atoms with Crippen LogP contribution in [0.15, 0.2) is 0 Å². The Hall–Kier alpha value is -1.94. The number of ether oxygens (including phenoxy) is 4. The van der Waals surface area contributed by atoms with E-state index in [-0.39, 0.29) is 25.7 Å². The number of phosphoric ester groups is 2. The van der Waals surface area contributed by atoms with Gasteiger partial charge in [-0.2, -0.15) is 0 Å². The highest BCUT2D eigenvalue weighted by Crippen LogP contribution is 2.45. The normalized spacial score (nSPS) is 14.1. The first kappa shape index (κ1) is 104. The Morgan fingerprint density at radius 3 is 0.717 bits per heavy atom. The number of hydrogen-bond acceptors (Lipinski definition) is 15. The second-order valence-electron chi connectivity index (χ2n) is 32.0. The van der Waals surface area contributed by atoms with Gasteiger partial charge in [-0.3, -0.25) is 37.3 Å². The highest BCUT2D eigenvalue weighted by molar-refractivity contribution is 7.47. The summed E-state index contributed by atoms with van der Waals surface area (Å²) in [5.74, 6) is -0.453. The van der Waals surface area contributed by atoms with Crippen molar-refractivity contribution in [2.24, 2.45) is 11.8 Å². The topological polar surface area (TPSA) is 237 Å². The van der Waals surface area contributed by atoms with E-state index in [4.69, 9.17) is 37.0 Å². The zero-order valence-electron chi connectivity index (χ0n) is 69.7. The zero-order valence-corrected chi connectivity index (χ0v) is 71.5. The van der Waals surface area contributed by atoms with E-state index in [9.17, 15) is 43.2 Å². The maximum Gasteiger partial charge on any atom is 0.472 e. The quantitative estimate of drug-likeness (QED) is 0.0222. The lowest BCUT2D eigenvalue weighted by Crippen LogP contribution is -2.30. The molecule has 17 nitrogen and oxygen atoms in total. The largest absolute Gasteiger partial charge is 0.472 e. The molecule has 0 rings (SSSR count). The molecule has 0 aliphatic heterocycles. The minimum atomic E-state index is -4.97. The molecule has 0 aromatic heterocycles. The van der Waals surface area contributed by atoms with Crippen molar-refractivity contribution in [3.8, 4) is 0 Å². The summed E-state index contributed by atoms with van der Waals surface area (Å²) in [6.45, 7) is 9.74. The van der Waals surface area contributed by atoms with E-state index in [0.717, 1.165) is 102 Å². The number of carbonyl (C=O) groups excluding carboxylic acids is 4. The Balaban J connectivity index is 5.22. The van der Waals surface area contributed by atoms with Crippen LogP contribution in [0.25, 0.3) is 0 Å². The average Bonchev–Trinajstić information content (AvgIpc) is 0.903. The number of carbonyl (C=O) groups is 4. The van der Waals surface area contributed by atoms with Gasteiger partial charge in [0.1, 0.15) is 19.3 Å². The molecular formula is C87H170O17P2. The van der Waals surface area contributed by atoms with Gasteiger partial charge in [-0.1, -0.05) is 414 Å². The second kappa shape index (κ2) is 78.3. The Morgan fingerprint density at radius 2 is 0.481 bits per heavy atom. The standard InChI is InChI=1S/C87H170O17P2/c1-7-10-12-14-16-18-20-21-22-23-24-28-31-34-40-46-52-58-64-70-85(90)98-76-83(104-86(91)71-65-59-53-47-41-35-32-29-26-25-27-30-33-39-44-50-56-62-68-80(6)9-3)78-102-106(95,96)100-74-81(88)73-99-105(93,94)101-77-82(75-97-84(89)69-63-57-51-45-19-17-15-13-11-8-2)103-87(92)72-66-60-54-48-42-37-36-38-43-49-55-61-67-79(4)5/h79-83,88H,7-78H2,1-6H3,(H,93,94)(H,95,96)/t80?,81-,82+,83+/m0/s1. The minimum absolute atomic E-state index is 0.107. The molecule has 0 aliphatic rings. The predicted molar refractivity (Wildman–Crippen MR) is 437 cm³/mol. The lowest BCUT2D eigenvalue weighted by Gasteiger charge is -2.21. The molecule has 0 bridgehead atoms. The highest BCUT2D eigenvalue weighted by Gasteiger charge is 2.30. The summed E-state index contributed by atoms with van der Waals surface area (Å²) >= 11 is 0. The van der Waals surface area contributed by atoms with Crippen molar-refractivity contribution < 1.29 is 80.2 Å². The second-order valence-corrected chi connectivity index (χ2v) is 34.9. The number of aliphatic hydroxyl groups is 1. The number of rotatable bonds is 86. The lowest BCUT2D eigenvalue weighted by molar-refractivity contribution is -0.161. The van der Waals surface area contributed by atoms with Gasteiger partial charge in [0, 0.05) is 25.7 Å². The summed E-state index contributed by atoms with van der Waals surface area (Å²) < 4.78 is 68.9. The Labute approximate surface area is 651 Å². The molecule has 0 fully saturated rings. The van der Waals surface area contributed by atoms with Crippen LogP contribution in [-0.4, -0.2) is 96.7 Å². The van der Waals surface area contributed by atoms with E-state index in [1.807, 2.05) is 0 Å². The van der Waals surface area contributed by atoms with Gasteiger partial charge in [0.2, 0.25) is 0 Å². The first-order chi connectivity index (χ1) is 51.4. The first-order valence-corrected chi connectivity index (χ1v) is 48.0. The molecule has 3 unspecified atom stereocenters. The zero-order chi connectivity index (χ0) is 77.8. The van der Waals surface area contributed by atoms with Crippen LogP contribution in [0.3, 0.4) is 0 Å². The van der Waals surface area contributed by atoms with Crippen molar-refractivity contribution >= 4 is 39.5 Å². The van der Waals surface area contributed by atoms with Crippen LogP contribution < -0.4 is 0 Å². The van der Waals surface area contributed by atoms with Crippen LogP contribution in [0.2, 0.25) is 0 Å². The van der Waals surface area contributed by atoms with Crippen molar-refractivity contribution in [1.82, 2.24) is 0 Å². The fraction of sp³-hybridized carbons (Fsp3) is 0.954. The lowest BCUT2D eigenvalue weighted by atomic mass is 9.99. The van der Waals surface area contributed by atoms with Crippen LogP contribution in [0, 0.1) is 11.8 Å². The molecular weight excluding hydrogens is 1380 g/mol. The van der Waals surface area contributed by atoms with Crippen LogP contribution in [0.5, 0.6) is 0 Å². The monoisotopic (exact) mass is 1550 g/mol. The summed E-state index contributed by atoms with van der Waals surface area (Å²) in [6, 6.07) is 0. The molecule has 0 spiro atoms. The SMILES string of the molecule is CCCCCCCCCCCCCCCCCCCCCC(=O)OC[C@H](COP(=O)(O)OC[C@@H](O)COP(=O)(O)OC[C@@H](COC(=O)CCCCCCCCCCCC)OC(=O)CCCCCCCCCCCCCCC(C)C)OC(=O)CCCCCCCCCCCCCCCCCCCCC(C)CC. The third-order valence-electron chi connectivity index (χ3n) is 20.8. The fourth-order valence-corrected chi connectivity index (χ4v) is 15.1. The Morgan fingerprint density at radius 1 is 0.274 bits per heavy atom. The third-order valence-corrected chi connectivity index (χ3v) is 22.7. The summed E-state index contributed by atoms with van der Waals surface area (Å²) in [5, 5.41) is 10.7. The van der Waals surface area contributed by atoms with E-state index < -0.39 is 97.5 Å². The molecule has 106 heavy (non-hydrogen) atoms.